The van der Waals surface area contributed by atoms with Gasteiger partial charge in [-0.05, 0) is 23.8 Å². The number of aromatic nitrogens is 3. The number of fused-ring (bicyclic) bond motifs is 1. The summed E-state index contributed by atoms with van der Waals surface area (Å²) in [6, 6.07) is 17.2. The molecule has 1 aliphatic rings. The summed E-state index contributed by atoms with van der Waals surface area (Å²) in [6.45, 7) is 3.19. The fourth-order valence-electron chi connectivity index (χ4n) is 3.53. The normalized spacial score (nSPS) is 14.1. The minimum absolute atomic E-state index is 0.00224. The molecule has 1 aliphatic heterocycles. The Labute approximate surface area is 184 Å². The maximum absolute atomic E-state index is 13.0. The summed E-state index contributed by atoms with van der Waals surface area (Å²) in [7, 11) is 0. The van der Waals surface area contributed by atoms with Gasteiger partial charge in [-0.2, -0.15) is 0 Å². The molecule has 5 rings (SSSR count). The van der Waals surface area contributed by atoms with Crippen molar-refractivity contribution in [2.45, 2.75) is 6.61 Å². The third kappa shape index (κ3) is 4.34. The number of rotatable bonds is 5. The van der Waals surface area contributed by atoms with Crippen LogP contribution in [0, 0.1) is 0 Å². The van der Waals surface area contributed by atoms with Gasteiger partial charge in [0.1, 0.15) is 17.0 Å². The Kier molecular flexibility index (Phi) is 5.45. The zero-order valence-electron chi connectivity index (χ0n) is 16.8. The molecule has 0 N–H and O–H groups in total. The van der Waals surface area contributed by atoms with Gasteiger partial charge in [0.2, 0.25) is 5.88 Å². The minimum Gasteiger partial charge on any atom is -0.473 e. The molecule has 0 aliphatic carbocycles. The summed E-state index contributed by atoms with van der Waals surface area (Å²) < 4.78 is 5.77. The molecule has 0 atom stereocenters. The molecule has 4 heterocycles. The number of nitrogens with zero attached hydrogens (tertiary/aromatic N) is 5. The lowest BCUT2D eigenvalue weighted by Crippen LogP contribution is -2.48. The van der Waals surface area contributed by atoms with Crippen molar-refractivity contribution in [1.29, 1.82) is 0 Å². The molecule has 0 bridgehead atoms. The highest BCUT2D eigenvalue weighted by molar-refractivity contribution is 7.21. The number of ether oxygens (including phenoxy) is 1. The third-order valence-electron chi connectivity index (χ3n) is 5.20. The van der Waals surface area contributed by atoms with Gasteiger partial charge < -0.3 is 14.5 Å². The van der Waals surface area contributed by atoms with Crippen molar-refractivity contribution >= 4 is 32.7 Å². The second-order valence-electron chi connectivity index (χ2n) is 7.26. The van der Waals surface area contributed by atoms with Crippen LogP contribution in [0.2, 0.25) is 0 Å². The maximum Gasteiger partial charge on any atom is 0.254 e. The highest BCUT2D eigenvalue weighted by Gasteiger charge is 2.24. The van der Waals surface area contributed by atoms with Crippen LogP contribution in [-0.4, -0.2) is 51.9 Å². The van der Waals surface area contributed by atoms with Crippen LogP contribution in [0.5, 0.6) is 5.88 Å². The molecular weight excluding hydrogens is 410 g/mol. The molecule has 156 valence electrons. The van der Waals surface area contributed by atoms with Gasteiger partial charge in [-0.25, -0.2) is 15.0 Å². The second-order valence-corrected chi connectivity index (χ2v) is 8.22. The van der Waals surface area contributed by atoms with E-state index in [9.17, 15) is 4.79 Å². The van der Waals surface area contributed by atoms with E-state index < -0.39 is 0 Å². The average molecular weight is 432 g/mol. The predicted octanol–water partition coefficient (Wildman–Crippen LogP) is 3.63. The first-order valence-corrected chi connectivity index (χ1v) is 11.0. The molecule has 1 aromatic carbocycles. The van der Waals surface area contributed by atoms with Crippen LogP contribution in [-0.2, 0) is 6.61 Å². The zero-order chi connectivity index (χ0) is 21.0. The quantitative estimate of drug-likeness (QED) is 0.481. The van der Waals surface area contributed by atoms with Gasteiger partial charge in [-0.1, -0.05) is 41.7 Å². The van der Waals surface area contributed by atoms with E-state index in [0.717, 1.165) is 34.1 Å². The van der Waals surface area contributed by atoms with Crippen LogP contribution in [0.4, 0.5) is 5.13 Å². The summed E-state index contributed by atoms with van der Waals surface area (Å²) in [5, 5.41) is 0.960. The molecule has 1 fully saturated rings. The van der Waals surface area contributed by atoms with Crippen LogP contribution >= 0.6 is 11.3 Å². The van der Waals surface area contributed by atoms with Crippen LogP contribution in [0.3, 0.4) is 0 Å². The van der Waals surface area contributed by atoms with Crippen LogP contribution in [0.25, 0.3) is 10.3 Å². The smallest absolute Gasteiger partial charge is 0.254 e. The standard InChI is InChI=1S/C23H21N5O2S/c29-22(18-8-10-24-20(15-18)30-16-17-5-2-1-3-6-17)27-11-13-28(14-12-27)23-26-19-7-4-9-25-21(19)31-23/h1-10,15H,11-14,16H2. The van der Waals surface area contributed by atoms with Gasteiger partial charge >= 0.3 is 0 Å². The van der Waals surface area contributed by atoms with E-state index in [1.807, 2.05) is 47.4 Å². The van der Waals surface area contributed by atoms with Crippen molar-refractivity contribution in [1.82, 2.24) is 19.9 Å². The SMILES string of the molecule is O=C(c1ccnc(OCc2ccccc2)c1)N1CCN(c2nc3cccnc3s2)CC1. The molecule has 0 saturated carbocycles. The Morgan fingerprint density at radius 2 is 1.81 bits per heavy atom. The first-order chi connectivity index (χ1) is 15.3. The number of piperazine rings is 1. The van der Waals surface area contributed by atoms with Gasteiger partial charge in [0.05, 0.1) is 0 Å². The Bertz CT molecular complexity index is 1160. The molecule has 3 aromatic heterocycles. The van der Waals surface area contributed by atoms with E-state index in [1.165, 1.54) is 0 Å². The number of carbonyl (C=O) groups is 1. The first-order valence-electron chi connectivity index (χ1n) is 10.1. The third-order valence-corrected chi connectivity index (χ3v) is 6.24. The zero-order valence-corrected chi connectivity index (χ0v) is 17.7. The topological polar surface area (TPSA) is 71.5 Å². The van der Waals surface area contributed by atoms with Crippen molar-refractivity contribution in [3.63, 3.8) is 0 Å². The van der Waals surface area contributed by atoms with E-state index in [2.05, 4.69) is 19.9 Å². The largest absolute Gasteiger partial charge is 0.473 e. The highest BCUT2D eigenvalue weighted by Crippen LogP contribution is 2.28. The molecule has 7 nitrogen and oxygen atoms in total. The Hall–Kier alpha value is -3.52. The minimum atomic E-state index is -0.00224. The number of hydrogen-bond donors (Lipinski definition) is 0. The lowest BCUT2D eigenvalue weighted by atomic mass is 10.2. The molecule has 0 radical (unpaired) electrons. The summed E-state index contributed by atoms with van der Waals surface area (Å²) in [6.07, 6.45) is 3.41. The summed E-state index contributed by atoms with van der Waals surface area (Å²) in [5.41, 5.74) is 2.57. The van der Waals surface area contributed by atoms with E-state index in [1.54, 1.807) is 35.9 Å². The molecule has 0 spiro atoms. The fourth-order valence-corrected chi connectivity index (χ4v) is 4.49. The first kappa shape index (κ1) is 19.4. The molecule has 1 saturated heterocycles. The number of anilines is 1. The summed E-state index contributed by atoms with van der Waals surface area (Å²) in [5.74, 6) is 0.452. The molecule has 31 heavy (non-hydrogen) atoms. The number of thiazole rings is 1. The maximum atomic E-state index is 13.0. The molecule has 1 amide bonds. The van der Waals surface area contributed by atoms with E-state index in [0.29, 0.717) is 31.1 Å². The molecule has 8 heteroatoms. The summed E-state index contributed by atoms with van der Waals surface area (Å²) in [4.78, 5) is 31.3. The fraction of sp³-hybridized carbons (Fsp3) is 0.217. The number of carbonyl (C=O) groups excluding carboxylic acids is 1. The van der Waals surface area contributed by atoms with Crippen molar-refractivity contribution in [2.24, 2.45) is 0 Å². The monoisotopic (exact) mass is 431 g/mol. The van der Waals surface area contributed by atoms with Crippen molar-refractivity contribution in [3.05, 3.63) is 78.1 Å². The Morgan fingerprint density at radius 1 is 0.968 bits per heavy atom. The van der Waals surface area contributed by atoms with Gasteiger partial charge in [-0.3, -0.25) is 4.79 Å². The van der Waals surface area contributed by atoms with Crippen LogP contribution in [0.15, 0.2) is 67.0 Å². The lowest BCUT2D eigenvalue weighted by molar-refractivity contribution is 0.0746. The average Bonchev–Trinajstić information content (AvgIpc) is 3.28. The van der Waals surface area contributed by atoms with Gasteiger partial charge in [0, 0.05) is 50.2 Å². The summed E-state index contributed by atoms with van der Waals surface area (Å²) >= 11 is 1.59. The number of benzene rings is 1. The van der Waals surface area contributed by atoms with Crippen molar-refractivity contribution in [3.8, 4) is 5.88 Å². The molecule has 4 aromatic rings. The van der Waals surface area contributed by atoms with Gasteiger partial charge in [0.15, 0.2) is 5.13 Å². The predicted molar refractivity (Wildman–Crippen MR) is 121 cm³/mol. The van der Waals surface area contributed by atoms with Gasteiger partial charge in [-0.15, -0.1) is 0 Å². The van der Waals surface area contributed by atoms with E-state index in [-0.39, 0.29) is 5.91 Å². The number of hydrogen-bond acceptors (Lipinski definition) is 7. The van der Waals surface area contributed by atoms with Crippen LogP contribution < -0.4 is 9.64 Å². The number of amides is 1. The van der Waals surface area contributed by atoms with Crippen LogP contribution in [0.1, 0.15) is 15.9 Å². The van der Waals surface area contributed by atoms with Crippen molar-refractivity contribution in [2.75, 3.05) is 31.1 Å². The van der Waals surface area contributed by atoms with Gasteiger partial charge in [0.25, 0.3) is 5.91 Å². The highest BCUT2D eigenvalue weighted by atomic mass is 32.1. The Morgan fingerprint density at radius 3 is 2.61 bits per heavy atom. The lowest BCUT2D eigenvalue weighted by Gasteiger charge is -2.34. The van der Waals surface area contributed by atoms with Crippen molar-refractivity contribution < 1.29 is 9.53 Å². The second kappa shape index (κ2) is 8.69. The van der Waals surface area contributed by atoms with E-state index in [4.69, 9.17) is 4.74 Å². The Balaban J connectivity index is 1.21. The number of pyridine rings is 2. The molecular formula is C23H21N5O2S. The van der Waals surface area contributed by atoms with E-state index >= 15 is 0 Å². The molecule has 0 unspecified atom stereocenters.